The van der Waals surface area contributed by atoms with Crippen molar-refractivity contribution in [1.82, 2.24) is 5.32 Å². The summed E-state index contributed by atoms with van der Waals surface area (Å²) >= 11 is 13.2. The fourth-order valence-corrected chi connectivity index (χ4v) is 2.65. The molecule has 1 amide bonds. The number of benzene rings is 1. The van der Waals surface area contributed by atoms with Gasteiger partial charge in [-0.1, -0.05) is 29.3 Å². The van der Waals surface area contributed by atoms with Crippen LogP contribution in [-0.2, 0) is 9.59 Å². The number of hydrogen-bond donors (Lipinski definition) is 2. The molecule has 1 aromatic rings. The van der Waals surface area contributed by atoms with Gasteiger partial charge in [0.25, 0.3) is 0 Å². The molecule has 1 aromatic carbocycles. The third-order valence-corrected chi connectivity index (χ3v) is 3.86. The number of carbonyl (C=O) groups is 2. The van der Waals surface area contributed by atoms with Gasteiger partial charge in [0.1, 0.15) is 6.04 Å². The van der Waals surface area contributed by atoms with E-state index in [4.69, 9.17) is 33.0 Å². The summed E-state index contributed by atoms with van der Waals surface area (Å²) in [5.41, 5.74) is 0. The number of para-hydroxylation sites is 1. The maximum absolute atomic E-state index is 10.8. The second-order valence-corrected chi connectivity index (χ2v) is 5.61. The van der Waals surface area contributed by atoms with Crippen LogP contribution in [-0.4, -0.2) is 41.6 Å². The Labute approximate surface area is 130 Å². The molecular formula is C12H13Cl2NO4S. The first-order valence-electron chi connectivity index (χ1n) is 5.63. The van der Waals surface area contributed by atoms with E-state index in [-0.39, 0.29) is 5.75 Å². The van der Waals surface area contributed by atoms with Gasteiger partial charge in [0.2, 0.25) is 6.41 Å². The Balaban J connectivity index is 2.31. The molecule has 0 heterocycles. The molecule has 0 aromatic heterocycles. The monoisotopic (exact) mass is 337 g/mol. The molecule has 0 radical (unpaired) electrons. The van der Waals surface area contributed by atoms with Crippen LogP contribution in [0.5, 0.6) is 5.75 Å². The Kier molecular flexibility index (Phi) is 7.58. The lowest BCUT2D eigenvalue weighted by Gasteiger charge is -2.12. The molecular weight excluding hydrogens is 325 g/mol. The fraction of sp³-hybridized carbons (Fsp3) is 0.333. The highest BCUT2D eigenvalue weighted by Gasteiger charge is 2.15. The van der Waals surface area contributed by atoms with Crippen molar-refractivity contribution in [1.29, 1.82) is 0 Å². The Morgan fingerprint density at radius 2 is 2.10 bits per heavy atom. The number of halogens is 2. The minimum absolute atomic E-state index is 0.258. The number of hydrogen-bond acceptors (Lipinski definition) is 4. The SMILES string of the molecule is O=CNC(CSCCOc1c(Cl)cccc1Cl)C(=O)O. The van der Waals surface area contributed by atoms with Crippen LogP contribution in [0.15, 0.2) is 18.2 Å². The highest BCUT2D eigenvalue weighted by Crippen LogP contribution is 2.32. The summed E-state index contributed by atoms with van der Waals surface area (Å²) in [5, 5.41) is 11.9. The summed E-state index contributed by atoms with van der Waals surface area (Å²) in [5.74, 6) is 0.149. The predicted molar refractivity (Wildman–Crippen MR) is 79.9 cm³/mol. The average Bonchev–Trinajstić information content (AvgIpc) is 2.39. The van der Waals surface area contributed by atoms with Crippen LogP contribution in [0.4, 0.5) is 0 Å². The number of carboxylic acid groups (broad SMARTS) is 1. The molecule has 1 rings (SSSR count). The number of carboxylic acids is 1. The smallest absolute Gasteiger partial charge is 0.327 e. The third-order valence-electron chi connectivity index (χ3n) is 2.24. The molecule has 2 N–H and O–H groups in total. The largest absolute Gasteiger partial charge is 0.490 e. The summed E-state index contributed by atoms with van der Waals surface area (Å²) < 4.78 is 5.45. The highest BCUT2D eigenvalue weighted by molar-refractivity contribution is 7.99. The van der Waals surface area contributed by atoms with Crippen molar-refractivity contribution in [2.75, 3.05) is 18.1 Å². The topological polar surface area (TPSA) is 75.6 Å². The van der Waals surface area contributed by atoms with Crippen molar-refractivity contribution in [3.63, 3.8) is 0 Å². The minimum atomic E-state index is -1.07. The molecule has 0 spiro atoms. The quantitative estimate of drug-likeness (QED) is 0.534. The van der Waals surface area contributed by atoms with E-state index in [1.807, 2.05) is 0 Å². The number of ether oxygens (including phenoxy) is 1. The van der Waals surface area contributed by atoms with Gasteiger partial charge in [0.15, 0.2) is 5.75 Å². The first kappa shape index (κ1) is 16.9. The molecule has 0 aliphatic heterocycles. The lowest BCUT2D eigenvalue weighted by Crippen LogP contribution is -2.38. The first-order valence-corrected chi connectivity index (χ1v) is 7.54. The van der Waals surface area contributed by atoms with Crippen molar-refractivity contribution < 1.29 is 19.4 Å². The van der Waals surface area contributed by atoms with E-state index in [2.05, 4.69) is 5.32 Å². The summed E-state index contributed by atoms with van der Waals surface area (Å²) in [6.07, 6.45) is 0.374. The Hall–Kier alpha value is -1.11. The number of nitrogens with one attached hydrogen (secondary N) is 1. The van der Waals surface area contributed by atoms with Crippen LogP contribution in [0.3, 0.4) is 0 Å². The Bertz CT molecular complexity index is 453. The van der Waals surface area contributed by atoms with Gasteiger partial charge in [0.05, 0.1) is 16.7 Å². The zero-order valence-electron chi connectivity index (χ0n) is 10.3. The molecule has 8 heteroatoms. The average molecular weight is 338 g/mol. The molecule has 20 heavy (non-hydrogen) atoms. The van der Waals surface area contributed by atoms with E-state index in [9.17, 15) is 9.59 Å². The highest BCUT2D eigenvalue weighted by atomic mass is 35.5. The standard InChI is InChI=1S/C12H13Cl2NO4S/c13-8-2-1-3-9(14)11(8)19-4-5-20-6-10(12(17)18)15-7-16/h1-3,7,10H,4-6H2,(H,15,16)(H,17,18). The Morgan fingerprint density at radius 3 is 2.65 bits per heavy atom. The summed E-state index contributed by atoms with van der Waals surface area (Å²) in [4.78, 5) is 21.0. The van der Waals surface area contributed by atoms with Crippen molar-refractivity contribution >= 4 is 47.3 Å². The zero-order valence-corrected chi connectivity index (χ0v) is 12.7. The molecule has 110 valence electrons. The van der Waals surface area contributed by atoms with E-state index in [1.165, 1.54) is 11.8 Å². The second-order valence-electron chi connectivity index (χ2n) is 3.65. The maximum Gasteiger partial charge on any atom is 0.327 e. The summed E-state index contributed by atoms with van der Waals surface area (Å²) in [6.45, 7) is 0.335. The lowest BCUT2D eigenvalue weighted by molar-refractivity contribution is -0.139. The molecule has 0 fully saturated rings. The van der Waals surface area contributed by atoms with Crippen LogP contribution in [0.1, 0.15) is 0 Å². The fourth-order valence-electron chi connectivity index (χ4n) is 1.30. The second kappa shape index (κ2) is 8.94. The molecule has 1 unspecified atom stereocenters. The van der Waals surface area contributed by atoms with Crippen LogP contribution in [0, 0.1) is 0 Å². The van der Waals surface area contributed by atoms with Crippen molar-refractivity contribution in [2.24, 2.45) is 0 Å². The third kappa shape index (κ3) is 5.48. The molecule has 0 saturated carbocycles. The van der Waals surface area contributed by atoms with E-state index in [0.29, 0.717) is 34.6 Å². The van der Waals surface area contributed by atoms with Gasteiger partial charge in [-0.2, -0.15) is 11.8 Å². The van der Waals surface area contributed by atoms with Crippen molar-refractivity contribution in [2.45, 2.75) is 6.04 Å². The summed E-state index contributed by atoms with van der Waals surface area (Å²) in [7, 11) is 0. The van der Waals surface area contributed by atoms with Gasteiger partial charge in [-0.05, 0) is 12.1 Å². The molecule has 0 bridgehead atoms. The van der Waals surface area contributed by atoms with Crippen LogP contribution in [0.2, 0.25) is 10.0 Å². The number of amides is 1. The molecule has 1 atom stereocenters. The van der Waals surface area contributed by atoms with Gasteiger partial charge < -0.3 is 15.2 Å². The normalized spacial score (nSPS) is 11.7. The molecule has 5 nitrogen and oxygen atoms in total. The van der Waals surface area contributed by atoms with Gasteiger partial charge in [-0.3, -0.25) is 4.79 Å². The number of rotatable bonds is 9. The Morgan fingerprint density at radius 1 is 1.45 bits per heavy atom. The van der Waals surface area contributed by atoms with Crippen LogP contribution in [0.25, 0.3) is 0 Å². The minimum Gasteiger partial charge on any atom is -0.490 e. The van der Waals surface area contributed by atoms with E-state index in [1.54, 1.807) is 18.2 Å². The van der Waals surface area contributed by atoms with Gasteiger partial charge in [-0.25, -0.2) is 4.79 Å². The van der Waals surface area contributed by atoms with E-state index >= 15 is 0 Å². The molecule has 0 saturated heterocycles. The van der Waals surface area contributed by atoms with Crippen molar-refractivity contribution in [3.8, 4) is 5.75 Å². The van der Waals surface area contributed by atoms with E-state index in [0.717, 1.165) is 0 Å². The van der Waals surface area contributed by atoms with Crippen LogP contribution >= 0.6 is 35.0 Å². The predicted octanol–water partition coefficient (Wildman–Crippen LogP) is 2.30. The van der Waals surface area contributed by atoms with Gasteiger partial charge in [0, 0.05) is 11.5 Å². The van der Waals surface area contributed by atoms with Gasteiger partial charge >= 0.3 is 5.97 Å². The maximum atomic E-state index is 10.8. The number of thioether (sulfide) groups is 1. The lowest BCUT2D eigenvalue weighted by atomic mass is 10.3. The zero-order chi connectivity index (χ0) is 15.0. The number of aliphatic carboxylic acids is 1. The molecule has 0 aliphatic rings. The summed E-state index contributed by atoms with van der Waals surface area (Å²) in [6, 6.07) is 4.16. The number of carbonyl (C=O) groups excluding carboxylic acids is 1. The van der Waals surface area contributed by atoms with Gasteiger partial charge in [-0.15, -0.1) is 0 Å². The first-order chi connectivity index (χ1) is 9.56. The van der Waals surface area contributed by atoms with Crippen LogP contribution < -0.4 is 10.1 Å². The molecule has 0 aliphatic carbocycles. The van der Waals surface area contributed by atoms with Crippen molar-refractivity contribution in [3.05, 3.63) is 28.2 Å². The van der Waals surface area contributed by atoms with E-state index < -0.39 is 12.0 Å².